The van der Waals surface area contributed by atoms with Crippen LogP contribution in [-0.4, -0.2) is 0 Å². The van der Waals surface area contributed by atoms with E-state index in [1.54, 1.807) is 38.5 Å². The molecule has 0 amide bonds. The van der Waals surface area contributed by atoms with Gasteiger partial charge in [-0.25, -0.2) is 0 Å². The van der Waals surface area contributed by atoms with Gasteiger partial charge in [-0.3, -0.25) is 0 Å². The summed E-state index contributed by atoms with van der Waals surface area (Å²) in [6.07, 6.45) is 9.70. The molecule has 0 radical (unpaired) electrons. The quantitative estimate of drug-likeness (QED) is 0.495. The molecule has 0 N–H and O–H groups in total. The van der Waals surface area contributed by atoms with Crippen LogP contribution in [0.1, 0.15) is 38.5 Å². The van der Waals surface area contributed by atoms with E-state index >= 15 is 0 Å². The van der Waals surface area contributed by atoms with Crippen LogP contribution in [0.5, 0.6) is 0 Å². The predicted octanol–water partition coefficient (Wildman–Crippen LogP) is 2.83. The van der Waals surface area contributed by atoms with Crippen molar-refractivity contribution in [2.75, 3.05) is 0 Å². The predicted molar refractivity (Wildman–Crippen MR) is 44.1 cm³/mol. The number of hydrogen-bond acceptors (Lipinski definition) is 0. The van der Waals surface area contributed by atoms with Crippen molar-refractivity contribution in [1.82, 2.24) is 0 Å². The smallest absolute Gasteiger partial charge is 0.0184 e. The highest BCUT2D eigenvalue weighted by atomic mass is 14.8. The van der Waals surface area contributed by atoms with Crippen LogP contribution < -0.4 is 0 Å². The van der Waals surface area contributed by atoms with Gasteiger partial charge in [0.15, 0.2) is 0 Å². The lowest BCUT2D eigenvalue weighted by Crippen LogP contribution is -2.56. The summed E-state index contributed by atoms with van der Waals surface area (Å²) in [4.78, 5) is 0. The molecule has 11 heavy (non-hydrogen) atoms. The fourth-order valence-electron chi connectivity index (χ4n) is 5.46. The van der Waals surface area contributed by atoms with Crippen LogP contribution in [-0.2, 0) is 0 Å². The first-order chi connectivity index (χ1) is 5.42. The van der Waals surface area contributed by atoms with E-state index in [0.717, 1.165) is 5.41 Å². The molecule has 0 aliphatic heterocycles. The molecule has 0 aromatic carbocycles. The van der Waals surface area contributed by atoms with Crippen LogP contribution in [0.25, 0.3) is 0 Å². The second-order valence-corrected chi connectivity index (χ2v) is 5.41. The SMILES string of the molecule is C1CC2CC3CCC4CC1C423. The minimum absolute atomic E-state index is 1.00. The third-order valence-electron chi connectivity index (χ3n) is 5.69. The third kappa shape index (κ3) is 0.363. The van der Waals surface area contributed by atoms with Crippen molar-refractivity contribution in [2.45, 2.75) is 38.5 Å². The minimum Gasteiger partial charge on any atom is -0.0496 e. The molecule has 4 aliphatic carbocycles. The summed E-state index contributed by atoms with van der Waals surface area (Å²) in [5.41, 5.74) is 1.00. The maximum absolute atomic E-state index is 1.63. The Bertz CT molecular complexity index is 171. The second-order valence-electron chi connectivity index (χ2n) is 5.41. The Morgan fingerprint density at radius 3 is 1.36 bits per heavy atom. The monoisotopic (exact) mass is 148 g/mol. The lowest BCUT2D eigenvalue weighted by atomic mass is 9.42. The molecule has 4 atom stereocenters. The highest BCUT2D eigenvalue weighted by Crippen LogP contribution is 2.80. The van der Waals surface area contributed by atoms with Gasteiger partial charge in [-0.1, -0.05) is 0 Å². The first-order valence-corrected chi connectivity index (χ1v) is 5.42. The molecule has 0 heteroatoms. The van der Waals surface area contributed by atoms with Crippen molar-refractivity contribution < 1.29 is 0 Å². The number of hydrogen-bond donors (Lipinski definition) is 0. The van der Waals surface area contributed by atoms with Crippen LogP contribution in [0, 0.1) is 29.1 Å². The topological polar surface area (TPSA) is 0 Å². The Hall–Kier alpha value is 0. The Balaban J connectivity index is 1.86. The second kappa shape index (κ2) is 1.41. The molecule has 4 unspecified atom stereocenters. The molecule has 4 rings (SSSR count). The Labute approximate surface area is 68.4 Å². The maximum atomic E-state index is 1.63. The third-order valence-corrected chi connectivity index (χ3v) is 5.69. The van der Waals surface area contributed by atoms with Crippen LogP contribution in [0.4, 0.5) is 0 Å². The van der Waals surface area contributed by atoms with Gasteiger partial charge in [-0.15, -0.1) is 0 Å². The lowest BCUT2D eigenvalue weighted by Gasteiger charge is -2.62. The summed E-state index contributed by atoms with van der Waals surface area (Å²) < 4.78 is 0. The molecule has 0 bridgehead atoms. The Morgan fingerprint density at radius 1 is 0.636 bits per heavy atom. The van der Waals surface area contributed by atoms with E-state index in [2.05, 4.69) is 0 Å². The molecule has 60 valence electrons. The van der Waals surface area contributed by atoms with Crippen molar-refractivity contribution in [3.05, 3.63) is 0 Å². The van der Waals surface area contributed by atoms with E-state index < -0.39 is 0 Å². The zero-order chi connectivity index (χ0) is 7.05. The summed E-state index contributed by atoms with van der Waals surface area (Å²) >= 11 is 0. The van der Waals surface area contributed by atoms with Crippen LogP contribution in [0.2, 0.25) is 0 Å². The van der Waals surface area contributed by atoms with Crippen LogP contribution in [0.15, 0.2) is 0 Å². The van der Waals surface area contributed by atoms with Gasteiger partial charge in [-0.05, 0) is 67.6 Å². The van der Waals surface area contributed by atoms with Gasteiger partial charge in [-0.2, -0.15) is 0 Å². The molecule has 0 saturated heterocycles. The maximum Gasteiger partial charge on any atom is -0.0184 e. The van der Waals surface area contributed by atoms with Gasteiger partial charge in [0.25, 0.3) is 0 Å². The van der Waals surface area contributed by atoms with Gasteiger partial charge >= 0.3 is 0 Å². The molecular formula is C11H16. The summed E-state index contributed by atoms with van der Waals surface area (Å²) in [5, 5.41) is 0. The average molecular weight is 148 g/mol. The van der Waals surface area contributed by atoms with E-state index in [1.165, 1.54) is 23.7 Å². The average Bonchev–Trinajstić information content (AvgIpc) is 2.30. The van der Waals surface area contributed by atoms with E-state index in [1.807, 2.05) is 0 Å². The van der Waals surface area contributed by atoms with Crippen molar-refractivity contribution in [1.29, 1.82) is 0 Å². The molecule has 0 heterocycles. The largest absolute Gasteiger partial charge is 0.0496 e. The Kier molecular flexibility index (Phi) is 0.717. The van der Waals surface area contributed by atoms with Crippen molar-refractivity contribution in [2.24, 2.45) is 29.1 Å². The first-order valence-electron chi connectivity index (χ1n) is 5.42. The molecule has 4 saturated carbocycles. The summed E-state index contributed by atoms with van der Waals surface area (Å²) in [6, 6.07) is 0. The molecule has 1 spiro atoms. The molecule has 0 aromatic rings. The zero-order valence-electron chi connectivity index (χ0n) is 7.05. The van der Waals surface area contributed by atoms with Gasteiger partial charge < -0.3 is 0 Å². The summed E-state index contributed by atoms with van der Waals surface area (Å²) in [6.45, 7) is 0. The number of rotatable bonds is 0. The van der Waals surface area contributed by atoms with Gasteiger partial charge in [0.2, 0.25) is 0 Å². The summed E-state index contributed by atoms with van der Waals surface area (Å²) in [5.74, 6) is 4.88. The molecule has 0 nitrogen and oxygen atoms in total. The molecular weight excluding hydrogens is 132 g/mol. The van der Waals surface area contributed by atoms with Crippen molar-refractivity contribution >= 4 is 0 Å². The fourth-order valence-corrected chi connectivity index (χ4v) is 5.46. The fraction of sp³-hybridized carbons (Fsp3) is 1.00. The normalized spacial score (nSPS) is 69.8. The van der Waals surface area contributed by atoms with Gasteiger partial charge in [0.05, 0.1) is 0 Å². The van der Waals surface area contributed by atoms with E-state index in [9.17, 15) is 0 Å². The van der Waals surface area contributed by atoms with Gasteiger partial charge in [0, 0.05) is 0 Å². The standard InChI is InChI=1S/C11H16/c1-2-8-6-10-4-3-9-5-7(1)11(8,9)10/h7-10H,1-6H2. The van der Waals surface area contributed by atoms with E-state index in [-0.39, 0.29) is 0 Å². The summed E-state index contributed by atoms with van der Waals surface area (Å²) in [7, 11) is 0. The van der Waals surface area contributed by atoms with E-state index in [0.29, 0.717) is 0 Å². The lowest BCUT2D eigenvalue weighted by molar-refractivity contribution is -0.145. The molecule has 4 fully saturated rings. The zero-order valence-corrected chi connectivity index (χ0v) is 7.05. The van der Waals surface area contributed by atoms with Crippen LogP contribution in [0.3, 0.4) is 0 Å². The Morgan fingerprint density at radius 2 is 1.00 bits per heavy atom. The molecule has 4 aliphatic rings. The van der Waals surface area contributed by atoms with Gasteiger partial charge in [0.1, 0.15) is 0 Å². The van der Waals surface area contributed by atoms with Crippen LogP contribution >= 0.6 is 0 Å². The first kappa shape index (κ1) is 5.61. The molecule has 0 aromatic heterocycles. The van der Waals surface area contributed by atoms with E-state index in [4.69, 9.17) is 0 Å². The van der Waals surface area contributed by atoms with Crippen molar-refractivity contribution in [3.8, 4) is 0 Å². The van der Waals surface area contributed by atoms with Crippen molar-refractivity contribution in [3.63, 3.8) is 0 Å². The highest BCUT2D eigenvalue weighted by Gasteiger charge is 2.72. The minimum atomic E-state index is 1.00. The highest BCUT2D eigenvalue weighted by molar-refractivity contribution is 5.21.